The Balaban J connectivity index is 1.98. The van der Waals surface area contributed by atoms with Crippen molar-refractivity contribution in [3.8, 4) is 0 Å². The number of nitrogens with two attached hydrogens (primary N) is 1. The highest BCUT2D eigenvalue weighted by atomic mass is 16.2. The fraction of sp³-hybridized carbons (Fsp3) is 0.667. The van der Waals surface area contributed by atoms with E-state index < -0.39 is 0 Å². The normalized spacial score (nSPS) is 16.9. The third-order valence-electron chi connectivity index (χ3n) is 4.00. The van der Waals surface area contributed by atoms with Crippen molar-refractivity contribution in [3.63, 3.8) is 0 Å². The summed E-state index contributed by atoms with van der Waals surface area (Å²) in [6, 6.07) is 1.79. The van der Waals surface area contributed by atoms with Crippen LogP contribution in [0.4, 0.5) is 5.69 Å². The molecule has 112 valence electrons. The van der Waals surface area contributed by atoms with E-state index in [1.54, 1.807) is 6.07 Å². The molecule has 5 heteroatoms. The van der Waals surface area contributed by atoms with Crippen LogP contribution in [0.3, 0.4) is 0 Å². The lowest BCUT2D eigenvalue weighted by Crippen LogP contribution is -2.41. The zero-order valence-corrected chi connectivity index (χ0v) is 12.8. The first-order chi connectivity index (χ1) is 9.51. The number of rotatable bonds is 4. The molecule has 0 radical (unpaired) electrons. The maximum atomic E-state index is 12.6. The second kappa shape index (κ2) is 6.31. The third-order valence-corrected chi connectivity index (χ3v) is 4.00. The molecule has 0 spiro atoms. The standard InChI is InChI=1S/C15H26N4O/c1-4-18-11-13(16)9-14(18)15(20)19-7-5-12(6-8-19)10-17(2)3/h9,11-12H,4-8,10,16H2,1-3H3. The number of hydrogen-bond acceptors (Lipinski definition) is 3. The lowest BCUT2D eigenvalue weighted by molar-refractivity contribution is 0.0667. The number of amides is 1. The second-order valence-corrected chi connectivity index (χ2v) is 5.94. The van der Waals surface area contributed by atoms with Crippen LogP contribution in [0.1, 0.15) is 30.3 Å². The van der Waals surface area contributed by atoms with Crippen molar-refractivity contribution in [1.82, 2.24) is 14.4 Å². The molecule has 2 heterocycles. The van der Waals surface area contributed by atoms with Gasteiger partial charge in [-0.2, -0.15) is 0 Å². The van der Waals surface area contributed by atoms with E-state index in [1.807, 2.05) is 22.6 Å². The number of aromatic nitrogens is 1. The molecular formula is C15H26N4O. The average molecular weight is 278 g/mol. The number of aryl methyl sites for hydroxylation is 1. The van der Waals surface area contributed by atoms with Gasteiger partial charge < -0.3 is 20.1 Å². The largest absolute Gasteiger partial charge is 0.397 e. The maximum absolute atomic E-state index is 12.6. The molecule has 1 aliphatic heterocycles. The van der Waals surface area contributed by atoms with Crippen molar-refractivity contribution in [2.24, 2.45) is 5.92 Å². The summed E-state index contributed by atoms with van der Waals surface area (Å²) >= 11 is 0. The van der Waals surface area contributed by atoms with Crippen molar-refractivity contribution >= 4 is 11.6 Å². The van der Waals surface area contributed by atoms with Gasteiger partial charge in [0.1, 0.15) is 5.69 Å². The second-order valence-electron chi connectivity index (χ2n) is 5.94. The summed E-state index contributed by atoms with van der Waals surface area (Å²) in [6.07, 6.45) is 4.02. The van der Waals surface area contributed by atoms with Crippen LogP contribution in [0.5, 0.6) is 0 Å². The molecule has 0 aliphatic carbocycles. The Bertz CT molecular complexity index is 458. The van der Waals surface area contributed by atoms with Gasteiger partial charge in [-0.05, 0) is 45.8 Å². The van der Waals surface area contributed by atoms with Gasteiger partial charge in [0, 0.05) is 32.4 Å². The molecule has 1 aromatic heterocycles. The van der Waals surface area contributed by atoms with Crippen molar-refractivity contribution in [1.29, 1.82) is 0 Å². The minimum atomic E-state index is 0.117. The summed E-state index contributed by atoms with van der Waals surface area (Å²) in [6.45, 7) is 5.62. The van der Waals surface area contributed by atoms with Crippen LogP contribution < -0.4 is 5.73 Å². The maximum Gasteiger partial charge on any atom is 0.270 e. The van der Waals surface area contributed by atoms with Crippen LogP contribution >= 0.6 is 0 Å². The van der Waals surface area contributed by atoms with E-state index in [9.17, 15) is 4.79 Å². The van der Waals surface area contributed by atoms with Gasteiger partial charge in [0.25, 0.3) is 5.91 Å². The predicted octanol–water partition coefficient (Wildman–Crippen LogP) is 1.50. The SMILES string of the molecule is CCn1cc(N)cc1C(=O)N1CCC(CN(C)C)CC1. The molecule has 0 atom stereocenters. The summed E-state index contributed by atoms with van der Waals surface area (Å²) < 4.78 is 1.93. The fourth-order valence-corrected chi connectivity index (χ4v) is 2.97. The minimum absolute atomic E-state index is 0.117. The number of piperidine rings is 1. The first kappa shape index (κ1) is 14.9. The molecule has 0 aromatic carbocycles. The first-order valence-electron chi connectivity index (χ1n) is 7.41. The van der Waals surface area contributed by atoms with Crippen molar-refractivity contribution < 1.29 is 4.79 Å². The van der Waals surface area contributed by atoms with E-state index in [2.05, 4.69) is 19.0 Å². The Morgan fingerprint density at radius 1 is 1.40 bits per heavy atom. The highest BCUT2D eigenvalue weighted by molar-refractivity contribution is 5.93. The van der Waals surface area contributed by atoms with Crippen LogP contribution in [0.15, 0.2) is 12.3 Å². The van der Waals surface area contributed by atoms with Crippen LogP contribution in [-0.2, 0) is 6.54 Å². The zero-order chi connectivity index (χ0) is 14.7. The van der Waals surface area contributed by atoms with Gasteiger partial charge in [0.2, 0.25) is 0 Å². The highest BCUT2D eigenvalue weighted by Crippen LogP contribution is 2.21. The number of nitrogens with zero attached hydrogens (tertiary/aromatic N) is 3. The average Bonchev–Trinajstić information content (AvgIpc) is 2.79. The van der Waals surface area contributed by atoms with E-state index >= 15 is 0 Å². The minimum Gasteiger partial charge on any atom is -0.397 e. The first-order valence-corrected chi connectivity index (χ1v) is 7.41. The number of likely N-dealkylation sites (tertiary alicyclic amines) is 1. The van der Waals surface area contributed by atoms with Gasteiger partial charge in [-0.3, -0.25) is 4.79 Å². The summed E-state index contributed by atoms with van der Waals surface area (Å²) in [4.78, 5) is 16.8. The van der Waals surface area contributed by atoms with E-state index in [0.29, 0.717) is 11.6 Å². The Morgan fingerprint density at radius 3 is 2.60 bits per heavy atom. The number of nitrogen functional groups attached to an aromatic ring is 1. The highest BCUT2D eigenvalue weighted by Gasteiger charge is 2.25. The zero-order valence-electron chi connectivity index (χ0n) is 12.8. The Labute approximate surface area is 121 Å². The number of carbonyl (C=O) groups excluding carboxylic acids is 1. The molecule has 1 aromatic rings. The molecule has 0 saturated carbocycles. The lowest BCUT2D eigenvalue weighted by Gasteiger charge is -2.33. The Hall–Kier alpha value is -1.49. The van der Waals surface area contributed by atoms with Crippen LogP contribution in [0.2, 0.25) is 0 Å². The molecule has 1 fully saturated rings. The molecular weight excluding hydrogens is 252 g/mol. The Kier molecular flexibility index (Phi) is 4.70. The third kappa shape index (κ3) is 3.33. The summed E-state index contributed by atoms with van der Waals surface area (Å²) in [5.74, 6) is 0.823. The van der Waals surface area contributed by atoms with Crippen LogP contribution in [-0.4, -0.2) is 54.0 Å². The predicted molar refractivity (Wildman–Crippen MR) is 81.7 cm³/mol. The summed E-state index contributed by atoms with van der Waals surface area (Å²) in [5.41, 5.74) is 7.19. The van der Waals surface area contributed by atoms with Crippen molar-refractivity contribution in [2.45, 2.75) is 26.3 Å². The van der Waals surface area contributed by atoms with Gasteiger partial charge in [0.05, 0.1) is 5.69 Å². The molecule has 5 nitrogen and oxygen atoms in total. The molecule has 0 bridgehead atoms. The molecule has 1 saturated heterocycles. The number of hydrogen-bond donors (Lipinski definition) is 1. The monoisotopic (exact) mass is 278 g/mol. The molecule has 0 unspecified atom stereocenters. The van der Waals surface area contributed by atoms with E-state index in [4.69, 9.17) is 5.73 Å². The van der Waals surface area contributed by atoms with Gasteiger partial charge in [-0.15, -0.1) is 0 Å². The van der Waals surface area contributed by atoms with Crippen LogP contribution in [0, 0.1) is 5.92 Å². The molecule has 1 amide bonds. The Morgan fingerprint density at radius 2 is 2.05 bits per heavy atom. The number of anilines is 1. The van der Waals surface area contributed by atoms with E-state index in [1.165, 1.54) is 0 Å². The molecule has 2 N–H and O–H groups in total. The van der Waals surface area contributed by atoms with Gasteiger partial charge in [-0.25, -0.2) is 0 Å². The lowest BCUT2D eigenvalue weighted by atomic mass is 9.96. The molecule has 20 heavy (non-hydrogen) atoms. The van der Waals surface area contributed by atoms with Crippen molar-refractivity contribution in [2.75, 3.05) is 39.5 Å². The smallest absolute Gasteiger partial charge is 0.270 e. The van der Waals surface area contributed by atoms with E-state index in [-0.39, 0.29) is 5.91 Å². The summed E-state index contributed by atoms with van der Waals surface area (Å²) in [5, 5.41) is 0. The van der Waals surface area contributed by atoms with Gasteiger partial charge in [0.15, 0.2) is 0 Å². The van der Waals surface area contributed by atoms with Gasteiger partial charge in [-0.1, -0.05) is 0 Å². The molecule has 1 aliphatic rings. The number of carbonyl (C=O) groups is 1. The topological polar surface area (TPSA) is 54.5 Å². The quantitative estimate of drug-likeness (QED) is 0.908. The van der Waals surface area contributed by atoms with Crippen molar-refractivity contribution in [3.05, 3.63) is 18.0 Å². The molecule has 2 rings (SSSR count). The van der Waals surface area contributed by atoms with Crippen LogP contribution in [0.25, 0.3) is 0 Å². The fourth-order valence-electron chi connectivity index (χ4n) is 2.97. The summed E-state index contributed by atoms with van der Waals surface area (Å²) in [7, 11) is 4.21. The van der Waals surface area contributed by atoms with Gasteiger partial charge >= 0.3 is 0 Å². The van der Waals surface area contributed by atoms with E-state index in [0.717, 1.165) is 44.7 Å².